The lowest BCUT2D eigenvalue weighted by molar-refractivity contribution is -0.385. The van der Waals surface area contributed by atoms with Crippen LogP contribution in [0.5, 0.6) is 0 Å². The summed E-state index contributed by atoms with van der Waals surface area (Å²) in [4.78, 5) is 20.6. The number of hydrogen-bond donors (Lipinski definition) is 0. The van der Waals surface area contributed by atoms with Crippen LogP contribution in [0.15, 0.2) is 65.1 Å². The Morgan fingerprint density at radius 3 is 1.53 bits per heavy atom. The maximum atomic E-state index is 10.8. The Balaban J connectivity index is 0.000000575. The average molecular weight is 424 g/mol. The van der Waals surface area contributed by atoms with E-state index in [1.165, 1.54) is 24.3 Å². The maximum absolute atomic E-state index is 10.8. The van der Waals surface area contributed by atoms with Gasteiger partial charge < -0.3 is 17.3 Å². The van der Waals surface area contributed by atoms with Gasteiger partial charge in [0.05, 0.1) is 28.4 Å². The Bertz CT molecular complexity index is 976. The van der Waals surface area contributed by atoms with E-state index in [9.17, 15) is 37.5 Å². The lowest BCUT2D eigenvalue weighted by Crippen LogP contribution is -2.02. The first-order chi connectivity index (χ1) is 13.9. The van der Waals surface area contributed by atoms with E-state index in [4.69, 9.17) is 4.42 Å². The van der Waals surface area contributed by atoms with Crippen LogP contribution in [-0.2, 0) is 0 Å². The molecule has 0 N–H and O–H groups in total. The van der Waals surface area contributed by atoms with Gasteiger partial charge in [-0.05, 0) is 29.8 Å². The van der Waals surface area contributed by atoms with Crippen molar-refractivity contribution in [3.05, 3.63) is 86.7 Å². The smallest absolute Gasteiger partial charge is 0.418 e. The van der Waals surface area contributed by atoms with Crippen LogP contribution < -0.4 is 0 Å². The fraction of sp³-hybridized carbons (Fsp3) is 0.0556. The third-order valence-corrected chi connectivity index (χ3v) is 3.69. The van der Waals surface area contributed by atoms with Gasteiger partial charge in [0.15, 0.2) is 0 Å². The zero-order chi connectivity index (χ0) is 22.5. The fourth-order valence-electron chi connectivity index (χ4n) is 2.47. The molecule has 0 radical (unpaired) electrons. The lowest BCUT2D eigenvalue weighted by atomic mass is 10.0. The summed E-state index contributed by atoms with van der Waals surface area (Å²) < 4.78 is 44.7. The molecule has 0 fully saturated rings. The molecule has 0 amide bonds. The molecule has 0 spiro atoms. The second-order valence-electron chi connectivity index (χ2n) is 5.92. The number of halogens is 4. The highest BCUT2D eigenvalue weighted by atomic mass is 19.5. The van der Waals surface area contributed by atoms with Crippen molar-refractivity contribution in [3.8, 4) is 22.5 Å². The standard InChI is InChI=1S/C18H13N2O5.BF4/c1-12-10-15(13-2-6-16(7-3-13)19(21)22)11-18(25-12)14-4-8-17(9-5-14)20(23)24;2-1(3,4)5/h2-11H,1H3;/q+1;-1. The molecule has 0 bridgehead atoms. The summed E-state index contributed by atoms with van der Waals surface area (Å²) in [5, 5.41) is 21.5. The molecule has 1 heterocycles. The average Bonchev–Trinajstić information content (AvgIpc) is 2.66. The van der Waals surface area contributed by atoms with Crippen molar-refractivity contribution >= 4 is 18.6 Å². The van der Waals surface area contributed by atoms with Crippen molar-refractivity contribution in [2.24, 2.45) is 0 Å². The van der Waals surface area contributed by atoms with Crippen LogP contribution in [0.1, 0.15) is 5.76 Å². The van der Waals surface area contributed by atoms with Crippen molar-refractivity contribution in [1.29, 1.82) is 0 Å². The summed E-state index contributed by atoms with van der Waals surface area (Å²) in [6, 6.07) is 15.9. The van der Waals surface area contributed by atoms with Crippen molar-refractivity contribution in [1.82, 2.24) is 0 Å². The molecule has 0 saturated carbocycles. The Morgan fingerprint density at radius 1 is 0.733 bits per heavy atom. The molecule has 156 valence electrons. The van der Waals surface area contributed by atoms with Gasteiger partial charge in [0.2, 0.25) is 0 Å². The third-order valence-electron chi connectivity index (χ3n) is 3.69. The number of hydrogen-bond acceptors (Lipinski definition) is 4. The van der Waals surface area contributed by atoms with E-state index < -0.39 is 17.1 Å². The zero-order valence-corrected chi connectivity index (χ0v) is 15.3. The summed E-state index contributed by atoms with van der Waals surface area (Å²) in [7, 11) is -6.00. The molecule has 3 aromatic rings. The van der Waals surface area contributed by atoms with Crippen LogP contribution >= 0.6 is 0 Å². The normalized spacial score (nSPS) is 10.7. The quantitative estimate of drug-likeness (QED) is 0.161. The lowest BCUT2D eigenvalue weighted by Gasteiger charge is -2.01. The number of rotatable bonds is 4. The van der Waals surface area contributed by atoms with Gasteiger partial charge in [0.1, 0.15) is 0 Å². The van der Waals surface area contributed by atoms with Gasteiger partial charge in [0, 0.05) is 35.9 Å². The largest absolute Gasteiger partial charge is 0.673 e. The third kappa shape index (κ3) is 6.65. The molecule has 30 heavy (non-hydrogen) atoms. The van der Waals surface area contributed by atoms with E-state index in [2.05, 4.69) is 0 Å². The second-order valence-corrected chi connectivity index (χ2v) is 5.92. The van der Waals surface area contributed by atoms with Gasteiger partial charge in [-0.2, -0.15) is 0 Å². The minimum absolute atomic E-state index is 0.00648. The van der Waals surface area contributed by atoms with E-state index in [0.717, 1.165) is 11.1 Å². The minimum atomic E-state index is -6.00. The molecular formula is C18H13BF4N2O5. The Kier molecular flexibility index (Phi) is 6.83. The monoisotopic (exact) mass is 424 g/mol. The minimum Gasteiger partial charge on any atom is -0.418 e. The van der Waals surface area contributed by atoms with Crippen LogP contribution in [0.4, 0.5) is 28.6 Å². The van der Waals surface area contributed by atoms with Crippen LogP contribution in [-0.4, -0.2) is 17.1 Å². The molecule has 12 heteroatoms. The summed E-state index contributed by atoms with van der Waals surface area (Å²) in [5.41, 5.74) is 2.39. The van der Waals surface area contributed by atoms with Gasteiger partial charge in [-0.25, -0.2) is 4.42 Å². The van der Waals surface area contributed by atoms with E-state index in [1.54, 1.807) is 37.3 Å². The first-order valence-corrected chi connectivity index (χ1v) is 8.26. The molecule has 0 unspecified atom stereocenters. The molecule has 0 aliphatic carbocycles. The summed E-state index contributed by atoms with van der Waals surface area (Å²) in [5.74, 6) is 1.22. The molecule has 2 aromatic carbocycles. The van der Waals surface area contributed by atoms with Crippen molar-refractivity contribution in [2.75, 3.05) is 0 Å². The number of nitrogens with zero attached hydrogens (tertiary/aromatic N) is 2. The van der Waals surface area contributed by atoms with E-state index >= 15 is 0 Å². The summed E-state index contributed by atoms with van der Waals surface area (Å²) in [6.45, 7) is 1.80. The second kappa shape index (κ2) is 9.12. The summed E-state index contributed by atoms with van der Waals surface area (Å²) >= 11 is 0. The fourth-order valence-corrected chi connectivity index (χ4v) is 2.47. The molecule has 0 atom stereocenters. The van der Waals surface area contributed by atoms with E-state index in [1.807, 2.05) is 6.07 Å². The Morgan fingerprint density at radius 2 is 1.13 bits per heavy atom. The highest BCUT2D eigenvalue weighted by Gasteiger charge is 2.20. The Labute approximate surface area is 167 Å². The first kappa shape index (κ1) is 22.5. The maximum Gasteiger partial charge on any atom is 0.673 e. The van der Waals surface area contributed by atoms with Gasteiger partial charge in [0.25, 0.3) is 11.4 Å². The number of benzene rings is 2. The van der Waals surface area contributed by atoms with Crippen molar-refractivity contribution in [2.45, 2.75) is 6.92 Å². The van der Waals surface area contributed by atoms with Crippen molar-refractivity contribution < 1.29 is 31.5 Å². The predicted molar refractivity (Wildman–Crippen MR) is 102 cm³/mol. The molecule has 1 aromatic heterocycles. The number of non-ortho nitro benzene ring substituents is 2. The number of nitro benzene ring substituents is 2. The van der Waals surface area contributed by atoms with Gasteiger partial charge in [-0.15, -0.1) is 0 Å². The van der Waals surface area contributed by atoms with Crippen LogP contribution in [0, 0.1) is 27.2 Å². The summed E-state index contributed by atoms with van der Waals surface area (Å²) in [6.07, 6.45) is 0. The highest BCUT2D eigenvalue weighted by Crippen LogP contribution is 2.30. The molecule has 3 rings (SSSR count). The topological polar surface area (TPSA) is 97.6 Å². The predicted octanol–water partition coefficient (Wildman–Crippen LogP) is 6.32. The molecule has 0 saturated heterocycles. The SMILES string of the molecule is Cc1cc(-c2ccc([N+](=O)[O-])cc2)cc(-c2ccc([N+](=O)[O-])cc2)[o+]1.F[B-](F)(F)F. The van der Waals surface area contributed by atoms with E-state index in [0.29, 0.717) is 17.1 Å². The molecule has 0 aliphatic heterocycles. The van der Waals surface area contributed by atoms with Crippen molar-refractivity contribution in [3.63, 3.8) is 0 Å². The van der Waals surface area contributed by atoms with Crippen LogP contribution in [0.2, 0.25) is 0 Å². The molecular weight excluding hydrogens is 411 g/mol. The van der Waals surface area contributed by atoms with Gasteiger partial charge in [-0.1, -0.05) is 0 Å². The van der Waals surface area contributed by atoms with Crippen LogP contribution in [0.3, 0.4) is 0 Å². The van der Waals surface area contributed by atoms with E-state index in [-0.39, 0.29) is 11.4 Å². The molecule has 7 nitrogen and oxygen atoms in total. The number of nitro groups is 2. The zero-order valence-electron chi connectivity index (χ0n) is 15.3. The number of aryl methyl sites for hydroxylation is 1. The van der Waals surface area contributed by atoms with Gasteiger partial charge >= 0.3 is 18.8 Å². The van der Waals surface area contributed by atoms with Gasteiger partial charge in [-0.3, -0.25) is 20.2 Å². The van der Waals surface area contributed by atoms with Crippen LogP contribution in [0.25, 0.3) is 22.5 Å². The highest BCUT2D eigenvalue weighted by molar-refractivity contribution is 6.50. The first-order valence-electron chi connectivity index (χ1n) is 8.26. The Hall–Kier alpha value is -3.83. The molecule has 0 aliphatic rings.